The molecule has 1 aromatic heterocycles. The van der Waals surface area contributed by atoms with Crippen LogP contribution in [0.1, 0.15) is 5.89 Å². The maximum atomic E-state index is 10.5. The van der Waals surface area contributed by atoms with Crippen molar-refractivity contribution in [1.82, 2.24) is 10.1 Å². The molecule has 0 saturated carbocycles. The Balaban J connectivity index is 2.07. The van der Waals surface area contributed by atoms with Gasteiger partial charge in [-0.05, 0) is 12.1 Å². The van der Waals surface area contributed by atoms with Gasteiger partial charge in [0.1, 0.15) is 6.61 Å². The van der Waals surface area contributed by atoms with Crippen LogP contribution < -0.4 is 5.73 Å². The zero-order valence-electron chi connectivity index (χ0n) is 9.98. The molecule has 0 amide bonds. The van der Waals surface area contributed by atoms with E-state index in [0.717, 1.165) is 0 Å². The Kier molecular flexibility index (Phi) is 4.16. The monoisotopic (exact) mass is 264 g/mol. The van der Waals surface area contributed by atoms with Gasteiger partial charge in [-0.3, -0.25) is 10.1 Å². The average Bonchev–Trinajstić information content (AvgIpc) is 2.88. The fourth-order valence-corrected chi connectivity index (χ4v) is 1.41. The Morgan fingerprint density at radius 2 is 2.11 bits per heavy atom. The maximum absolute atomic E-state index is 10.5. The van der Waals surface area contributed by atoms with Crippen LogP contribution in [0.5, 0.6) is 0 Å². The normalized spacial score (nSPS) is 10.6. The molecule has 0 atom stereocenters. The Hall–Kier alpha value is -2.32. The second-order valence-corrected chi connectivity index (χ2v) is 3.66. The van der Waals surface area contributed by atoms with E-state index in [-0.39, 0.29) is 12.3 Å². The smallest absolute Gasteiger partial charge is 0.269 e. The van der Waals surface area contributed by atoms with Crippen molar-refractivity contribution in [3.05, 3.63) is 40.3 Å². The third kappa shape index (κ3) is 3.33. The Morgan fingerprint density at radius 1 is 1.37 bits per heavy atom. The summed E-state index contributed by atoms with van der Waals surface area (Å²) in [7, 11) is 0. The van der Waals surface area contributed by atoms with Gasteiger partial charge in [0.25, 0.3) is 11.6 Å². The first kappa shape index (κ1) is 13.1. The summed E-state index contributed by atoms with van der Waals surface area (Å²) in [6.07, 6.45) is 0. The largest absolute Gasteiger partial charge is 0.370 e. The molecule has 0 aliphatic carbocycles. The van der Waals surface area contributed by atoms with Crippen molar-refractivity contribution in [3.8, 4) is 11.4 Å². The minimum absolute atomic E-state index is 0.0127. The summed E-state index contributed by atoms with van der Waals surface area (Å²) in [5.74, 6) is 0.697. The number of nitro groups is 1. The van der Waals surface area contributed by atoms with Crippen LogP contribution in [0.2, 0.25) is 0 Å². The van der Waals surface area contributed by atoms with Crippen LogP contribution in [0.4, 0.5) is 5.69 Å². The molecule has 8 heteroatoms. The van der Waals surface area contributed by atoms with E-state index in [1.54, 1.807) is 12.1 Å². The molecule has 1 aromatic carbocycles. The molecule has 0 unspecified atom stereocenters. The predicted molar refractivity (Wildman–Crippen MR) is 65.1 cm³/mol. The number of ether oxygens (including phenoxy) is 1. The van der Waals surface area contributed by atoms with Gasteiger partial charge in [0.15, 0.2) is 0 Å². The highest BCUT2D eigenvalue weighted by atomic mass is 16.6. The number of hydrogen-bond donors (Lipinski definition) is 1. The number of non-ortho nitro benzene ring substituents is 1. The summed E-state index contributed by atoms with van der Waals surface area (Å²) in [6, 6.07) is 5.90. The predicted octanol–water partition coefficient (Wildman–Crippen LogP) is 1.12. The minimum atomic E-state index is -0.466. The summed E-state index contributed by atoms with van der Waals surface area (Å²) in [5.41, 5.74) is 5.93. The lowest BCUT2D eigenvalue weighted by molar-refractivity contribution is -0.384. The number of aromatic nitrogens is 2. The van der Waals surface area contributed by atoms with Crippen LogP contribution in [0, 0.1) is 10.1 Å². The zero-order chi connectivity index (χ0) is 13.7. The number of hydrogen-bond acceptors (Lipinski definition) is 7. The van der Waals surface area contributed by atoms with E-state index in [1.165, 1.54) is 12.1 Å². The fourth-order valence-electron chi connectivity index (χ4n) is 1.41. The fraction of sp³-hybridized carbons (Fsp3) is 0.273. The molecule has 0 aliphatic heterocycles. The van der Waals surface area contributed by atoms with Crippen molar-refractivity contribution in [2.45, 2.75) is 6.61 Å². The lowest BCUT2D eigenvalue weighted by atomic mass is 10.2. The van der Waals surface area contributed by atoms with Gasteiger partial charge in [0.2, 0.25) is 5.82 Å². The molecule has 2 N–H and O–H groups in total. The first-order valence-electron chi connectivity index (χ1n) is 5.56. The SMILES string of the molecule is NCCOCc1nc(-c2ccc([N+](=O)[O-])cc2)no1. The van der Waals surface area contributed by atoms with Gasteiger partial charge in [-0.25, -0.2) is 0 Å². The molecule has 19 heavy (non-hydrogen) atoms. The van der Waals surface area contributed by atoms with Crippen LogP contribution in [-0.4, -0.2) is 28.2 Å². The molecule has 0 saturated heterocycles. The van der Waals surface area contributed by atoms with Crippen molar-refractivity contribution in [1.29, 1.82) is 0 Å². The van der Waals surface area contributed by atoms with Crippen molar-refractivity contribution >= 4 is 5.69 Å². The van der Waals surface area contributed by atoms with Crippen LogP contribution in [0.25, 0.3) is 11.4 Å². The maximum Gasteiger partial charge on any atom is 0.269 e. The molecule has 0 fully saturated rings. The molecule has 2 aromatic rings. The van der Waals surface area contributed by atoms with E-state index in [1.807, 2.05) is 0 Å². The molecule has 100 valence electrons. The Morgan fingerprint density at radius 3 is 2.74 bits per heavy atom. The Labute approximate surface area is 108 Å². The first-order chi connectivity index (χ1) is 9.20. The van der Waals surface area contributed by atoms with E-state index < -0.39 is 4.92 Å². The standard InChI is InChI=1S/C11H12N4O4/c12-5-6-18-7-10-13-11(14-19-10)8-1-3-9(4-2-8)15(16)17/h1-4H,5-7,12H2. The third-order valence-electron chi connectivity index (χ3n) is 2.29. The zero-order valence-corrected chi connectivity index (χ0v) is 9.98. The quantitative estimate of drug-likeness (QED) is 0.471. The number of benzene rings is 1. The highest BCUT2D eigenvalue weighted by Gasteiger charge is 2.10. The van der Waals surface area contributed by atoms with Gasteiger partial charge < -0.3 is 15.0 Å². The number of nitro benzene ring substituents is 1. The van der Waals surface area contributed by atoms with Crippen molar-refractivity contribution < 1.29 is 14.2 Å². The molecular weight excluding hydrogens is 252 g/mol. The molecule has 0 bridgehead atoms. The molecule has 2 rings (SSSR count). The second-order valence-electron chi connectivity index (χ2n) is 3.66. The van der Waals surface area contributed by atoms with Gasteiger partial charge >= 0.3 is 0 Å². The number of nitrogens with zero attached hydrogens (tertiary/aromatic N) is 3. The summed E-state index contributed by atoms with van der Waals surface area (Å²) >= 11 is 0. The highest BCUT2D eigenvalue weighted by Crippen LogP contribution is 2.19. The highest BCUT2D eigenvalue weighted by molar-refractivity contribution is 5.56. The molecule has 0 aliphatic rings. The molecule has 0 radical (unpaired) electrons. The average molecular weight is 264 g/mol. The van der Waals surface area contributed by atoms with E-state index in [4.69, 9.17) is 15.0 Å². The number of nitrogens with two attached hydrogens (primary N) is 1. The first-order valence-corrected chi connectivity index (χ1v) is 5.56. The van der Waals surface area contributed by atoms with Gasteiger partial charge in [0, 0.05) is 24.2 Å². The topological polar surface area (TPSA) is 117 Å². The summed E-state index contributed by atoms with van der Waals surface area (Å²) in [4.78, 5) is 14.2. The summed E-state index contributed by atoms with van der Waals surface area (Å²) in [6.45, 7) is 1.02. The summed E-state index contributed by atoms with van der Waals surface area (Å²) < 4.78 is 10.1. The van der Waals surface area contributed by atoms with Crippen molar-refractivity contribution in [2.24, 2.45) is 5.73 Å². The van der Waals surface area contributed by atoms with Crippen LogP contribution >= 0.6 is 0 Å². The van der Waals surface area contributed by atoms with E-state index in [0.29, 0.717) is 30.4 Å². The van der Waals surface area contributed by atoms with Gasteiger partial charge in [0.05, 0.1) is 11.5 Å². The van der Waals surface area contributed by atoms with Crippen LogP contribution in [0.15, 0.2) is 28.8 Å². The summed E-state index contributed by atoms with van der Waals surface area (Å²) in [5, 5.41) is 14.3. The van der Waals surface area contributed by atoms with Gasteiger partial charge in [-0.15, -0.1) is 0 Å². The van der Waals surface area contributed by atoms with Crippen LogP contribution in [-0.2, 0) is 11.3 Å². The lowest BCUT2D eigenvalue weighted by Gasteiger charge is -1.95. The van der Waals surface area contributed by atoms with E-state index >= 15 is 0 Å². The molecule has 0 spiro atoms. The van der Waals surface area contributed by atoms with E-state index in [2.05, 4.69) is 10.1 Å². The Bertz CT molecular complexity index is 552. The molecular formula is C11H12N4O4. The van der Waals surface area contributed by atoms with Gasteiger partial charge in [-0.1, -0.05) is 5.16 Å². The van der Waals surface area contributed by atoms with Crippen molar-refractivity contribution in [3.63, 3.8) is 0 Å². The van der Waals surface area contributed by atoms with Gasteiger partial charge in [-0.2, -0.15) is 4.98 Å². The van der Waals surface area contributed by atoms with Crippen LogP contribution in [0.3, 0.4) is 0 Å². The lowest BCUT2D eigenvalue weighted by Crippen LogP contribution is -2.08. The number of rotatable bonds is 6. The second kappa shape index (κ2) is 6.03. The van der Waals surface area contributed by atoms with E-state index in [9.17, 15) is 10.1 Å². The molecule has 8 nitrogen and oxygen atoms in total. The third-order valence-corrected chi connectivity index (χ3v) is 2.29. The molecule has 1 heterocycles. The minimum Gasteiger partial charge on any atom is -0.370 e. The van der Waals surface area contributed by atoms with Crippen molar-refractivity contribution in [2.75, 3.05) is 13.2 Å².